The largest absolute Gasteiger partial charge is 0.550 e. The fourth-order valence-electron chi connectivity index (χ4n) is 6.33. The highest BCUT2D eigenvalue weighted by Crippen LogP contribution is 2.50. The van der Waals surface area contributed by atoms with Gasteiger partial charge >= 0.3 is 44.7 Å². The first-order valence-electron chi connectivity index (χ1n) is 20.7. The lowest BCUT2D eigenvalue weighted by molar-refractivity contribution is -0.929. The molecule has 0 heterocycles. The van der Waals surface area contributed by atoms with Crippen LogP contribution in [-0.4, -0.2) is 42.1 Å². The monoisotopic (exact) mass is 1050 g/mol. The minimum Gasteiger partial charge on any atom is -0.550 e. The molecule has 0 aromatic heterocycles. The molecule has 0 bridgehead atoms. The Morgan fingerprint density at radius 3 is 0.725 bits per heavy atom. The number of benzene rings is 3. The van der Waals surface area contributed by atoms with Crippen molar-refractivity contribution < 1.29 is 103 Å². The van der Waals surface area contributed by atoms with Crippen LogP contribution in [0.5, 0.6) is 0 Å². The molecule has 0 amide bonds. The molecule has 0 aliphatic carbocycles. The van der Waals surface area contributed by atoms with Crippen molar-refractivity contribution in [2.24, 2.45) is 0 Å². The Morgan fingerprint density at radius 2 is 0.594 bits per heavy atom. The summed E-state index contributed by atoms with van der Waals surface area (Å²) in [4.78, 5) is 8.89. The number of alkyl halides is 18. The number of rotatable bonds is 18. The first-order valence-corrected chi connectivity index (χ1v) is 22.4. The van der Waals surface area contributed by atoms with Crippen molar-refractivity contribution >= 4 is 30.6 Å². The highest BCUT2D eigenvalue weighted by Gasteiger charge is 2.41. The van der Waals surface area contributed by atoms with Gasteiger partial charge in [0.2, 0.25) is 0 Å². The summed E-state index contributed by atoms with van der Waals surface area (Å²) in [6.45, 7) is 16.0. The Morgan fingerprint density at radius 1 is 0.435 bits per heavy atom. The molecule has 3 rings (SSSR count). The number of carboxylic acid groups (broad SMARTS) is 1. The minimum absolute atomic E-state index is 0. The van der Waals surface area contributed by atoms with Crippen molar-refractivity contribution in [1.29, 1.82) is 0 Å². The van der Waals surface area contributed by atoms with Crippen LogP contribution < -0.4 is 20.4 Å². The second-order valence-corrected chi connectivity index (χ2v) is 17.4. The zero-order valence-electron chi connectivity index (χ0n) is 37.6. The molecule has 0 atom stereocenters. The quantitative estimate of drug-likeness (QED) is 0.0662. The summed E-state index contributed by atoms with van der Waals surface area (Å²) in [6, 6.07) is -2.50. The summed E-state index contributed by atoms with van der Waals surface area (Å²) >= 11 is 0. The molecular formula is C42H53F18N4O4P. The molecule has 0 fully saturated rings. The van der Waals surface area contributed by atoms with Crippen LogP contribution >= 0.6 is 7.59 Å². The predicted octanol–water partition coefficient (Wildman–Crippen LogP) is 14.5. The van der Waals surface area contributed by atoms with Crippen LogP contribution in [0, 0.1) is 0 Å². The number of quaternary nitrogens is 1. The number of nitrogens with one attached hydrogen (secondary N) is 3. The lowest BCUT2D eigenvalue weighted by Crippen LogP contribution is -2.50. The number of unbranched alkanes of at least 4 members (excludes halogenated alkanes) is 4. The van der Waals surface area contributed by atoms with Gasteiger partial charge in [0, 0.05) is 23.0 Å². The number of carbonyl (C=O) groups is 1. The van der Waals surface area contributed by atoms with Crippen LogP contribution in [0.4, 0.5) is 96.1 Å². The summed E-state index contributed by atoms with van der Waals surface area (Å²) in [5.41, 5.74) is -17.2. The van der Waals surface area contributed by atoms with Crippen molar-refractivity contribution in [3.8, 4) is 0 Å². The van der Waals surface area contributed by atoms with E-state index in [2.05, 4.69) is 27.7 Å². The third-order valence-electron chi connectivity index (χ3n) is 9.57. The molecule has 8 nitrogen and oxygen atoms in total. The molecule has 3 aromatic rings. The first-order chi connectivity index (χ1) is 30.8. The average molecular weight is 1050 g/mol. The molecule has 5 N–H and O–H groups in total. The van der Waals surface area contributed by atoms with Crippen LogP contribution in [0.3, 0.4) is 0 Å². The first kappa shape index (κ1) is 64.4. The van der Waals surface area contributed by atoms with Gasteiger partial charge in [0.1, 0.15) is 0 Å². The molecule has 27 heteroatoms. The van der Waals surface area contributed by atoms with Crippen molar-refractivity contribution in [2.75, 3.05) is 41.4 Å². The van der Waals surface area contributed by atoms with Crippen molar-refractivity contribution in [3.05, 3.63) is 88.0 Å². The molecule has 3 aromatic carbocycles. The Bertz CT molecular complexity index is 1770. The lowest BCUT2D eigenvalue weighted by Gasteiger charge is -2.39. The summed E-state index contributed by atoms with van der Waals surface area (Å²) in [6.07, 6.45) is -22.4. The van der Waals surface area contributed by atoms with Crippen LogP contribution in [0.1, 0.15) is 119 Å². The van der Waals surface area contributed by atoms with E-state index in [1.165, 1.54) is 97.3 Å². The molecular weight excluding hydrogens is 997 g/mol. The molecule has 0 aliphatic rings. The van der Waals surface area contributed by atoms with E-state index in [0.717, 1.165) is 6.92 Å². The van der Waals surface area contributed by atoms with Crippen molar-refractivity contribution in [3.63, 3.8) is 0 Å². The second-order valence-electron chi connectivity index (χ2n) is 15.5. The van der Waals surface area contributed by atoms with E-state index in [1.807, 2.05) is 0 Å². The Hall–Kier alpha value is -4.58. The number of anilines is 3. The van der Waals surface area contributed by atoms with Crippen LogP contribution in [0.25, 0.3) is 0 Å². The fourth-order valence-corrected chi connectivity index (χ4v) is 7.98. The van der Waals surface area contributed by atoms with E-state index in [-0.39, 0.29) is 41.9 Å². The van der Waals surface area contributed by atoms with Gasteiger partial charge in [-0.15, -0.1) is 0 Å². The molecule has 396 valence electrons. The third-order valence-corrected chi connectivity index (χ3v) is 11.3. The maximum Gasteiger partial charge on any atom is 0.416 e. The SMILES string of the molecule is CC(=O)[O-].CCCC[N+](CCCC)(CCCC)CCCC.O.O=P(Nc1cc(C(F)(F)F)cc(C(F)(F)F)c1)(Nc1cc(C(F)(F)F)cc(C(F)(F)F)c1)Nc1cc(C(F)(F)F)cc(C(F)(F)F)c1. The summed E-state index contributed by atoms with van der Waals surface area (Å²) in [7, 11) is -5.77. The van der Waals surface area contributed by atoms with E-state index in [1.54, 1.807) is 0 Å². The summed E-state index contributed by atoms with van der Waals surface area (Å²) in [5.74, 6) is -1.08. The highest BCUT2D eigenvalue weighted by atomic mass is 31.2. The van der Waals surface area contributed by atoms with E-state index in [9.17, 15) is 83.6 Å². The summed E-state index contributed by atoms with van der Waals surface area (Å²) < 4.78 is 256. The number of nitrogens with zero attached hydrogens (tertiary/aromatic N) is 1. The van der Waals surface area contributed by atoms with Gasteiger partial charge in [-0.05, 0) is 87.2 Å². The van der Waals surface area contributed by atoms with Crippen molar-refractivity contribution in [1.82, 2.24) is 0 Å². The van der Waals surface area contributed by atoms with Gasteiger partial charge in [0.15, 0.2) is 0 Å². The highest BCUT2D eigenvalue weighted by molar-refractivity contribution is 7.68. The van der Waals surface area contributed by atoms with E-state index in [4.69, 9.17) is 9.90 Å². The molecule has 0 unspecified atom stereocenters. The number of carboxylic acids is 1. The van der Waals surface area contributed by atoms with Gasteiger partial charge in [0.05, 0.1) is 59.6 Å². The van der Waals surface area contributed by atoms with E-state index >= 15 is 0 Å². The number of hydrogen-bond donors (Lipinski definition) is 3. The van der Waals surface area contributed by atoms with E-state index in [0.29, 0.717) is 0 Å². The van der Waals surface area contributed by atoms with Gasteiger partial charge in [-0.2, -0.15) is 79.0 Å². The fraction of sp³-hybridized carbons (Fsp3) is 0.548. The smallest absolute Gasteiger partial charge is 0.416 e. The maximum atomic E-state index is 13.9. The standard InChI is InChI=1S/C24H12F18N3OP.C16H36N.C2H4O2.H2O/c25-19(26,27)10-1-11(20(28,29)30)5-16(4-10)43-47(46,44-17-6-12(21(31,32)33)2-13(7-17)22(34,35)36)45-18-8-14(23(37,38)39)3-15(9-18)24(40,41)42;1-5-9-13-17(14-10-6-2,15-11-7-3)16-12-8-4;1-2(3)4;/h1-9H,(H3,43,44,45,46);5-16H2,1-4H3;1H3,(H,3,4);1H2/q;+1;;/p-1. The number of halogens is 18. The zero-order valence-corrected chi connectivity index (χ0v) is 38.5. The van der Waals surface area contributed by atoms with E-state index < -0.39 is 119 Å². The van der Waals surface area contributed by atoms with Gasteiger partial charge in [-0.1, -0.05) is 53.4 Å². The molecule has 0 saturated heterocycles. The maximum absolute atomic E-state index is 13.9. The Balaban J connectivity index is 0.00000176. The zero-order chi connectivity index (χ0) is 52.7. The van der Waals surface area contributed by atoms with Crippen LogP contribution in [-0.2, 0) is 46.4 Å². The van der Waals surface area contributed by atoms with Gasteiger partial charge < -0.3 is 35.1 Å². The van der Waals surface area contributed by atoms with Gasteiger partial charge in [-0.3, -0.25) is 4.57 Å². The van der Waals surface area contributed by atoms with Crippen LogP contribution in [0.15, 0.2) is 54.6 Å². The topological polar surface area (TPSA) is 125 Å². The van der Waals surface area contributed by atoms with Crippen LogP contribution in [0.2, 0.25) is 0 Å². The van der Waals surface area contributed by atoms with Gasteiger partial charge in [0.25, 0.3) is 0 Å². The lowest BCUT2D eigenvalue weighted by atomic mass is 10.1. The summed E-state index contributed by atoms with van der Waals surface area (Å²) in [5, 5.41) is 13.1. The van der Waals surface area contributed by atoms with Gasteiger partial charge in [-0.25, -0.2) is 0 Å². The molecule has 0 spiro atoms. The molecule has 0 radical (unpaired) electrons. The Labute approximate surface area is 386 Å². The minimum atomic E-state index is -5.77. The normalized spacial score (nSPS) is 12.7. The molecule has 69 heavy (non-hydrogen) atoms. The number of hydrogen-bond acceptors (Lipinski definition) is 3. The second kappa shape index (κ2) is 26.0. The predicted molar refractivity (Wildman–Crippen MR) is 221 cm³/mol. The molecule has 0 aliphatic heterocycles. The molecule has 0 saturated carbocycles. The number of aliphatic carboxylic acids is 1. The third kappa shape index (κ3) is 22.8. The average Bonchev–Trinajstić information content (AvgIpc) is 3.18. The van der Waals surface area contributed by atoms with Crippen molar-refractivity contribution in [2.45, 2.75) is 123 Å². The number of carbonyl (C=O) groups excluding carboxylic acids is 1. The Kier molecular flexibility index (Phi) is 24.3.